The molecule has 2 atom stereocenters. The summed E-state index contributed by atoms with van der Waals surface area (Å²) < 4.78 is 45.1. The Balaban J connectivity index is 1.24. The van der Waals surface area contributed by atoms with Gasteiger partial charge in [-0.05, 0) is 37.0 Å². The minimum atomic E-state index is -4.43. The SMILES string of the molecule is O=C(C1CCC(N2CCOc3ccccc3C2)C1)N1CCc2ncc(C(F)(F)F)cc2C1. The molecule has 1 aromatic heterocycles. The summed E-state index contributed by atoms with van der Waals surface area (Å²) in [6.45, 7) is 2.98. The second-order valence-electron chi connectivity index (χ2n) is 8.93. The Hall–Kier alpha value is -2.61. The topological polar surface area (TPSA) is 45.7 Å². The van der Waals surface area contributed by atoms with E-state index >= 15 is 0 Å². The maximum atomic E-state index is 13.2. The van der Waals surface area contributed by atoms with Gasteiger partial charge in [0.2, 0.25) is 5.91 Å². The van der Waals surface area contributed by atoms with Crippen LogP contribution < -0.4 is 4.74 Å². The lowest BCUT2D eigenvalue weighted by Gasteiger charge is -2.31. The van der Waals surface area contributed by atoms with Crippen LogP contribution in [0.25, 0.3) is 0 Å². The molecule has 1 fully saturated rings. The number of hydrogen-bond donors (Lipinski definition) is 0. The van der Waals surface area contributed by atoms with Crippen molar-refractivity contribution in [2.24, 2.45) is 5.92 Å². The van der Waals surface area contributed by atoms with Crippen LogP contribution in [-0.4, -0.2) is 46.4 Å². The van der Waals surface area contributed by atoms with E-state index < -0.39 is 11.7 Å². The van der Waals surface area contributed by atoms with Gasteiger partial charge in [0.1, 0.15) is 12.4 Å². The lowest BCUT2D eigenvalue weighted by atomic mass is 10.00. The summed E-state index contributed by atoms with van der Waals surface area (Å²) in [4.78, 5) is 21.4. The van der Waals surface area contributed by atoms with Crippen molar-refractivity contribution in [1.29, 1.82) is 0 Å². The number of nitrogens with zero attached hydrogens (tertiary/aromatic N) is 3. The van der Waals surface area contributed by atoms with Gasteiger partial charge in [0, 0.05) is 62.0 Å². The quantitative estimate of drug-likeness (QED) is 0.700. The highest BCUT2D eigenvalue weighted by molar-refractivity contribution is 5.79. The van der Waals surface area contributed by atoms with E-state index in [9.17, 15) is 18.0 Å². The van der Waals surface area contributed by atoms with Gasteiger partial charge in [-0.15, -0.1) is 0 Å². The highest BCUT2D eigenvalue weighted by Crippen LogP contribution is 2.35. The molecule has 0 N–H and O–H groups in total. The number of benzene rings is 1. The van der Waals surface area contributed by atoms with Crippen molar-refractivity contribution in [3.63, 3.8) is 0 Å². The average Bonchev–Trinajstić information content (AvgIpc) is 3.17. The molecule has 8 heteroatoms. The molecule has 3 aliphatic rings. The Morgan fingerprint density at radius 1 is 1.09 bits per heavy atom. The van der Waals surface area contributed by atoms with Gasteiger partial charge in [0.15, 0.2) is 0 Å². The fraction of sp³-hybridized carbons (Fsp3) is 0.500. The van der Waals surface area contributed by atoms with E-state index in [1.165, 1.54) is 5.56 Å². The zero-order valence-electron chi connectivity index (χ0n) is 17.8. The predicted molar refractivity (Wildman–Crippen MR) is 112 cm³/mol. The van der Waals surface area contributed by atoms with Gasteiger partial charge in [-0.2, -0.15) is 13.2 Å². The average molecular weight is 445 g/mol. The summed E-state index contributed by atoms with van der Waals surface area (Å²) in [5, 5.41) is 0. The lowest BCUT2D eigenvalue weighted by molar-refractivity contribution is -0.137. The number of carbonyl (C=O) groups is 1. The molecule has 1 aliphatic carbocycles. The number of amides is 1. The molecular formula is C24H26F3N3O2. The van der Waals surface area contributed by atoms with Gasteiger partial charge in [-0.25, -0.2) is 0 Å². The predicted octanol–water partition coefficient (Wildman–Crippen LogP) is 4.05. The normalized spacial score (nSPS) is 23.8. The summed E-state index contributed by atoms with van der Waals surface area (Å²) >= 11 is 0. The van der Waals surface area contributed by atoms with E-state index in [4.69, 9.17) is 4.74 Å². The number of alkyl halides is 3. The van der Waals surface area contributed by atoms with Crippen molar-refractivity contribution in [1.82, 2.24) is 14.8 Å². The molecule has 2 aliphatic heterocycles. The number of hydrogen-bond acceptors (Lipinski definition) is 4. The second-order valence-corrected chi connectivity index (χ2v) is 8.93. The van der Waals surface area contributed by atoms with Crippen molar-refractivity contribution >= 4 is 5.91 Å². The van der Waals surface area contributed by atoms with Crippen LogP contribution in [0, 0.1) is 5.92 Å². The largest absolute Gasteiger partial charge is 0.492 e. The molecule has 3 heterocycles. The van der Waals surface area contributed by atoms with Crippen molar-refractivity contribution < 1.29 is 22.7 Å². The van der Waals surface area contributed by atoms with Gasteiger partial charge in [-0.3, -0.25) is 14.7 Å². The molecule has 0 radical (unpaired) electrons. The van der Waals surface area contributed by atoms with Gasteiger partial charge in [0.05, 0.1) is 5.56 Å². The molecular weight excluding hydrogens is 419 g/mol. The summed E-state index contributed by atoms with van der Waals surface area (Å²) in [5.41, 5.74) is 1.58. The molecule has 5 rings (SSSR count). The third kappa shape index (κ3) is 4.20. The van der Waals surface area contributed by atoms with Crippen LogP contribution in [0.4, 0.5) is 13.2 Å². The van der Waals surface area contributed by atoms with Crippen LogP contribution in [0.3, 0.4) is 0 Å². The van der Waals surface area contributed by atoms with Crippen molar-refractivity contribution in [3.8, 4) is 5.75 Å². The van der Waals surface area contributed by atoms with Crippen LogP contribution in [0.2, 0.25) is 0 Å². The van der Waals surface area contributed by atoms with Crippen molar-refractivity contribution in [2.45, 2.75) is 51.0 Å². The number of carbonyl (C=O) groups excluding carboxylic acids is 1. The van der Waals surface area contributed by atoms with E-state index in [-0.39, 0.29) is 18.4 Å². The van der Waals surface area contributed by atoms with E-state index in [0.717, 1.165) is 50.4 Å². The van der Waals surface area contributed by atoms with E-state index in [2.05, 4.69) is 16.0 Å². The number of halogens is 3. The highest BCUT2D eigenvalue weighted by Gasteiger charge is 2.38. The molecule has 0 bridgehead atoms. The minimum Gasteiger partial charge on any atom is -0.492 e. The fourth-order valence-corrected chi connectivity index (χ4v) is 5.20. The first-order valence-corrected chi connectivity index (χ1v) is 11.2. The van der Waals surface area contributed by atoms with E-state index in [1.807, 2.05) is 18.2 Å². The molecule has 32 heavy (non-hydrogen) atoms. The van der Waals surface area contributed by atoms with Crippen LogP contribution in [0.5, 0.6) is 5.75 Å². The van der Waals surface area contributed by atoms with Crippen LogP contribution in [0.15, 0.2) is 36.5 Å². The van der Waals surface area contributed by atoms with E-state index in [1.54, 1.807) is 4.90 Å². The first-order chi connectivity index (χ1) is 15.4. The molecule has 2 aromatic rings. The molecule has 0 spiro atoms. The molecule has 2 unspecified atom stereocenters. The number of pyridine rings is 1. The Labute approximate surface area is 185 Å². The van der Waals surface area contributed by atoms with E-state index in [0.29, 0.717) is 36.9 Å². The number of para-hydroxylation sites is 1. The fourth-order valence-electron chi connectivity index (χ4n) is 5.20. The lowest BCUT2D eigenvalue weighted by Crippen LogP contribution is -2.40. The van der Waals surface area contributed by atoms with Gasteiger partial charge >= 0.3 is 6.18 Å². The standard InChI is InChI=1S/C24H26F3N3O2/c25-24(26,27)19-11-18-15-30(8-7-21(18)28-13-19)23(31)16-5-6-20(12-16)29-9-10-32-22-4-2-1-3-17(22)14-29/h1-4,11,13,16,20H,5-10,12,14-15H2. The molecule has 0 saturated heterocycles. The third-order valence-corrected chi connectivity index (χ3v) is 6.93. The Morgan fingerprint density at radius 3 is 2.78 bits per heavy atom. The molecule has 1 aromatic carbocycles. The number of rotatable bonds is 2. The summed E-state index contributed by atoms with van der Waals surface area (Å²) in [7, 11) is 0. The molecule has 5 nitrogen and oxygen atoms in total. The molecule has 1 amide bonds. The summed E-state index contributed by atoms with van der Waals surface area (Å²) in [5.74, 6) is 0.904. The Morgan fingerprint density at radius 2 is 1.94 bits per heavy atom. The maximum absolute atomic E-state index is 13.2. The zero-order valence-corrected chi connectivity index (χ0v) is 17.8. The van der Waals surface area contributed by atoms with Crippen LogP contribution >= 0.6 is 0 Å². The molecule has 1 saturated carbocycles. The van der Waals surface area contributed by atoms with Crippen LogP contribution in [0.1, 0.15) is 41.6 Å². The summed E-state index contributed by atoms with van der Waals surface area (Å²) in [6.07, 6.45) is -0.500. The van der Waals surface area contributed by atoms with Gasteiger partial charge in [0.25, 0.3) is 0 Å². The monoisotopic (exact) mass is 445 g/mol. The zero-order chi connectivity index (χ0) is 22.3. The molecule has 170 valence electrons. The second kappa shape index (κ2) is 8.39. The Bertz CT molecular complexity index is 1010. The third-order valence-electron chi connectivity index (χ3n) is 6.93. The van der Waals surface area contributed by atoms with Crippen molar-refractivity contribution in [2.75, 3.05) is 19.7 Å². The first kappa shape index (κ1) is 21.2. The van der Waals surface area contributed by atoms with Gasteiger partial charge < -0.3 is 9.64 Å². The highest BCUT2D eigenvalue weighted by atomic mass is 19.4. The maximum Gasteiger partial charge on any atom is 0.417 e. The number of fused-ring (bicyclic) bond motifs is 2. The van der Waals surface area contributed by atoms with Gasteiger partial charge in [-0.1, -0.05) is 18.2 Å². The van der Waals surface area contributed by atoms with Crippen molar-refractivity contribution in [3.05, 3.63) is 58.9 Å². The first-order valence-electron chi connectivity index (χ1n) is 11.2. The number of aromatic nitrogens is 1. The number of ether oxygens (including phenoxy) is 1. The summed E-state index contributed by atoms with van der Waals surface area (Å²) in [6, 6.07) is 9.53. The van der Waals surface area contributed by atoms with Crippen LogP contribution in [-0.2, 0) is 30.5 Å². The Kier molecular flexibility index (Phi) is 5.57. The minimum absolute atomic E-state index is 0.0574. The smallest absolute Gasteiger partial charge is 0.417 e.